The van der Waals surface area contributed by atoms with E-state index in [-0.39, 0.29) is 5.92 Å². The average Bonchev–Trinajstić information content (AvgIpc) is 3.12. The van der Waals surface area contributed by atoms with E-state index in [1.54, 1.807) is 0 Å². The van der Waals surface area contributed by atoms with Crippen molar-refractivity contribution in [1.29, 1.82) is 0 Å². The topological polar surface area (TPSA) is 32.3 Å². The van der Waals surface area contributed by atoms with Crippen molar-refractivity contribution < 1.29 is 4.79 Å². The van der Waals surface area contributed by atoms with Gasteiger partial charge in [0.2, 0.25) is 5.91 Å². The molecule has 3 heteroatoms. The molecule has 114 valence electrons. The summed E-state index contributed by atoms with van der Waals surface area (Å²) < 4.78 is 0. The van der Waals surface area contributed by atoms with Crippen LogP contribution in [0.1, 0.15) is 37.3 Å². The molecule has 21 heavy (non-hydrogen) atoms. The average molecular weight is 286 g/mol. The Kier molecular flexibility index (Phi) is 3.78. The largest absolute Gasteiger partial charge is 0.317 e. The number of piperidine rings is 1. The van der Waals surface area contributed by atoms with Crippen LogP contribution >= 0.6 is 0 Å². The summed E-state index contributed by atoms with van der Waals surface area (Å²) in [6, 6.07) is 6.42. The Bertz CT molecular complexity index is 526. The minimum absolute atomic E-state index is 0.250. The van der Waals surface area contributed by atoms with E-state index >= 15 is 0 Å². The van der Waals surface area contributed by atoms with Gasteiger partial charge in [0, 0.05) is 18.2 Å². The van der Waals surface area contributed by atoms with Gasteiger partial charge in [0.05, 0.1) is 0 Å². The van der Waals surface area contributed by atoms with Gasteiger partial charge in [0.1, 0.15) is 0 Å². The van der Waals surface area contributed by atoms with Crippen molar-refractivity contribution >= 4 is 11.6 Å². The first-order valence-corrected chi connectivity index (χ1v) is 8.16. The van der Waals surface area contributed by atoms with Crippen LogP contribution in [0.4, 0.5) is 5.69 Å². The SMILES string of the molecule is CCN(C(=O)C1CC12CCNCC2)c1cc(C)cc(C)c1. The van der Waals surface area contributed by atoms with Crippen LogP contribution in [-0.2, 0) is 4.79 Å². The molecule has 1 N–H and O–H groups in total. The molecule has 3 rings (SSSR count). The van der Waals surface area contributed by atoms with Gasteiger partial charge in [0.15, 0.2) is 0 Å². The van der Waals surface area contributed by atoms with Crippen LogP contribution in [-0.4, -0.2) is 25.5 Å². The second kappa shape index (κ2) is 5.45. The van der Waals surface area contributed by atoms with Crippen molar-refractivity contribution in [3.8, 4) is 0 Å². The highest BCUT2D eigenvalue weighted by molar-refractivity contribution is 5.97. The molecular weight excluding hydrogens is 260 g/mol. The molecule has 1 saturated heterocycles. The number of benzene rings is 1. The standard InChI is InChI=1S/C18H26N2O/c1-4-20(15-10-13(2)9-14(3)11-15)17(21)16-12-18(16)5-7-19-8-6-18/h9-11,16,19H,4-8,12H2,1-3H3. The zero-order valence-corrected chi connectivity index (χ0v) is 13.4. The summed E-state index contributed by atoms with van der Waals surface area (Å²) in [5.41, 5.74) is 3.83. The van der Waals surface area contributed by atoms with Gasteiger partial charge in [-0.05, 0) is 81.8 Å². The normalized spacial score (nSPS) is 23.1. The predicted molar refractivity (Wildman–Crippen MR) is 86.6 cm³/mol. The first-order valence-electron chi connectivity index (χ1n) is 8.16. The molecule has 1 saturated carbocycles. The van der Waals surface area contributed by atoms with Crippen molar-refractivity contribution in [2.75, 3.05) is 24.5 Å². The maximum Gasteiger partial charge on any atom is 0.230 e. The Morgan fingerprint density at radius 1 is 1.24 bits per heavy atom. The third kappa shape index (κ3) is 2.71. The molecule has 3 nitrogen and oxygen atoms in total. The van der Waals surface area contributed by atoms with E-state index in [9.17, 15) is 4.79 Å². The second-order valence-electron chi connectivity index (χ2n) is 6.80. The van der Waals surface area contributed by atoms with Crippen molar-refractivity contribution in [1.82, 2.24) is 5.32 Å². The maximum atomic E-state index is 12.9. The van der Waals surface area contributed by atoms with Gasteiger partial charge in [-0.2, -0.15) is 0 Å². The van der Waals surface area contributed by atoms with Crippen molar-refractivity contribution in [2.45, 2.75) is 40.0 Å². The lowest BCUT2D eigenvalue weighted by Crippen LogP contribution is -2.36. The molecule has 1 amide bonds. The van der Waals surface area contributed by atoms with Gasteiger partial charge in [-0.25, -0.2) is 0 Å². The quantitative estimate of drug-likeness (QED) is 0.926. The van der Waals surface area contributed by atoms with Crippen LogP contribution < -0.4 is 10.2 Å². The Morgan fingerprint density at radius 3 is 2.43 bits per heavy atom. The zero-order chi connectivity index (χ0) is 15.0. The third-order valence-electron chi connectivity index (χ3n) is 5.19. The predicted octanol–water partition coefficient (Wildman–Crippen LogP) is 3.05. The summed E-state index contributed by atoms with van der Waals surface area (Å²) in [6.45, 7) is 9.17. The van der Waals surface area contributed by atoms with E-state index in [0.717, 1.165) is 44.6 Å². The smallest absolute Gasteiger partial charge is 0.230 e. The van der Waals surface area contributed by atoms with E-state index in [1.165, 1.54) is 11.1 Å². The number of nitrogens with zero attached hydrogens (tertiary/aromatic N) is 1. The summed E-state index contributed by atoms with van der Waals surface area (Å²) in [4.78, 5) is 14.9. The van der Waals surface area contributed by atoms with Crippen molar-refractivity contribution in [3.05, 3.63) is 29.3 Å². The zero-order valence-electron chi connectivity index (χ0n) is 13.4. The van der Waals surface area contributed by atoms with Gasteiger partial charge in [-0.15, -0.1) is 0 Å². The van der Waals surface area contributed by atoms with E-state index in [0.29, 0.717) is 11.3 Å². The number of amides is 1. The highest BCUT2D eigenvalue weighted by Gasteiger charge is 2.58. The Labute approximate surface area is 127 Å². The minimum atomic E-state index is 0.250. The highest BCUT2D eigenvalue weighted by Crippen LogP contribution is 2.59. The molecule has 1 unspecified atom stereocenters. The summed E-state index contributed by atoms with van der Waals surface area (Å²) in [7, 11) is 0. The molecule has 0 aromatic heterocycles. The summed E-state index contributed by atoms with van der Waals surface area (Å²) in [6.07, 6.45) is 3.41. The molecule has 1 aromatic carbocycles. The van der Waals surface area contributed by atoms with Gasteiger partial charge in [-0.3, -0.25) is 4.79 Å². The van der Waals surface area contributed by atoms with Gasteiger partial charge in [-0.1, -0.05) is 6.07 Å². The minimum Gasteiger partial charge on any atom is -0.317 e. The first kappa shape index (κ1) is 14.6. The molecule has 1 aromatic rings. The molecule has 0 radical (unpaired) electrons. The van der Waals surface area contributed by atoms with Gasteiger partial charge >= 0.3 is 0 Å². The van der Waals surface area contributed by atoms with E-state index in [2.05, 4.69) is 44.3 Å². The highest BCUT2D eigenvalue weighted by atomic mass is 16.2. The van der Waals surface area contributed by atoms with E-state index in [4.69, 9.17) is 0 Å². The fourth-order valence-corrected chi connectivity index (χ4v) is 3.93. The Morgan fingerprint density at radius 2 is 1.86 bits per heavy atom. The number of hydrogen-bond donors (Lipinski definition) is 1. The monoisotopic (exact) mass is 286 g/mol. The van der Waals surface area contributed by atoms with Gasteiger partial charge < -0.3 is 10.2 Å². The fraction of sp³-hybridized carbons (Fsp3) is 0.611. The number of aryl methyl sites for hydroxylation is 2. The van der Waals surface area contributed by atoms with Crippen molar-refractivity contribution in [3.63, 3.8) is 0 Å². The molecule has 1 atom stereocenters. The lowest BCUT2D eigenvalue weighted by atomic mass is 9.91. The molecule has 2 fully saturated rings. The molecular formula is C18H26N2O. The Balaban J connectivity index is 1.79. The molecule has 1 spiro atoms. The maximum absolute atomic E-state index is 12.9. The van der Waals surface area contributed by atoms with E-state index < -0.39 is 0 Å². The fourth-order valence-electron chi connectivity index (χ4n) is 3.93. The molecule has 2 aliphatic rings. The van der Waals surface area contributed by atoms with E-state index in [1.807, 2.05) is 4.90 Å². The van der Waals surface area contributed by atoms with Crippen molar-refractivity contribution in [2.24, 2.45) is 11.3 Å². The molecule has 0 bridgehead atoms. The number of anilines is 1. The van der Waals surface area contributed by atoms with Crippen LogP contribution in [0.3, 0.4) is 0 Å². The van der Waals surface area contributed by atoms with Crippen LogP contribution in [0.5, 0.6) is 0 Å². The number of hydrogen-bond acceptors (Lipinski definition) is 2. The number of rotatable bonds is 3. The number of carbonyl (C=O) groups is 1. The number of nitrogens with one attached hydrogen (secondary N) is 1. The second-order valence-corrected chi connectivity index (χ2v) is 6.80. The summed E-state index contributed by atoms with van der Waals surface area (Å²) >= 11 is 0. The first-order chi connectivity index (χ1) is 10.1. The molecule has 1 aliphatic carbocycles. The lowest BCUT2D eigenvalue weighted by Gasteiger charge is -2.27. The van der Waals surface area contributed by atoms with Crippen LogP contribution in [0.2, 0.25) is 0 Å². The van der Waals surface area contributed by atoms with Gasteiger partial charge in [0.25, 0.3) is 0 Å². The molecule has 1 aliphatic heterocycles. The summed E-state index contributed by atoms with van der Waals surface area (Å²) in [5.74, 6) is 0.588. The van der Waals surface area contributed by atoms with Crippen LogP contribution in [0.15, 0.2) is 18.2 Å². The Hall–Kier alpha value is -1.35. The third-order valence-corrected chi connectivity index (χ3v) is 5.19. The van der Waals surface area contributed by atoms with Crippen LogP contribution in [0, 0.1) is 25.2 Å². The molecule has 1 heterocycles. The van der Waals surface area contributed by atoms with Crippen LogP contribution in [0.25, 0.3) is 0 Å². The summed E-state index contributed by atoms with van der Waals surface area (Å²) in [5, 5.41) is 3.40. The number of carbonyl (C=O) groups excluding carboxylic acids is 1. The lowest BCUT2D eigenvalue weighted by molar-refractivity contribution is -0.120.